The van der Waals surface area contributed by atoms with E-state index >= 15 is 0 Å². The van der Waals surface area contributed by atoms with Gasteiger partial charge in [-0.05, 0) is 49.2 Å². The van der Waals surface area contributed by atoms with Gasteiger partial charge in [0.25, 0.3) is 11.8 Å². The van der Waals surface area contributed by atoms with Crippen LogP contribution < -0.4 is 10.1 Å². The zero-order valence-corrected chi connectivity index (χ0v) is 20.0. The van der Waals surface area contributed by atoms with Crippen molar-refractivity contribution in [2.75, 3.05) is 6.61 Å². The van der Waals surface area contributed by atoms with E-state index in [9.17, 15) is 14.4 Å². The lowest BCUT2D eigenvalue weighted by molar-refractivity contribution is -0.132. The van der Waals surface area contributed by atoms with E-state index < -0.39 is 17.8 Å². The van der Waals surface area contributed by atoms with Crippen molar-refractivity contribution in [3.05, 3.63) is 70.9 Å². The molecule has 0 spiro atoms. The van der Waals surface area contributed by atoms with E-state index in [1.54, 1.807) is 18.2 Å². The highest BCUT2D eigenvalue weighted by molar-refractivity contribution is 6.31. The molecule has 0 bridgehead atoms. The van der Waals surface area contributed by atoms with Crippen LogP contribution in [0, 0.1) is 0 Å². The molecule has 2 heterocycles. The minimum atomic E-state index is -0.657. The van der Waals surface area contributed by atoms with Crippen molar-refractivity contribution in [1.82, 2.24) is 14.8 Å². The molecule has 8 heteroatoms. The third kappa shape index (κ3) is 4.82. The quantitative estimate of drug-likeness (QED) is 0.381. The summed E-state index contributed by atoms with van der Waals surface area (Å²) >= 11 is 5.93. The molecule has 1 aliphatic carbocycles. The Hall–Kier alpha value is -3.58. The van der Waals surface area contributed by atoms with Gasteiger partial charge in [-0.1, -0.05) is 49.1 Å². The third-order valence-corrected chi connectivity index (χ3v) is 6.86. The monoisotopic (exact) mass is 491 g/mol. The van der Waals surface area contributed by atoms with Crippen LogP contribution in [0.25, 0.3) is 17.0 Å². The topological polar surface area (TPSA) is 80.6 Å². The van der Waals surface area contributed by atoms with Crippen LogP contribution in [0.5, 0.6) is 5.75 Å². The van der Waals surface area contributed by atoms with Gasteiger partial charge in [-0.2, -0.15) is 0 Å². The smallest absolute Gasteiger partial charge is 0.331 e. The molecule has 7 nitrogen and oxygen atoms in total. The molecule has 3 aromatic rings. The summed E-state index contributed by atoms with van der Waals surface area (Å²) in [6, 6.07) is 14.2. The Balaban J connectivity index is 1.41. The maximum atomic E-state index is 13.3. The Labute approximate surface area is 208 Å². The molecule has 5 rings (SSSR count). The van der Waals surface area contributed by atoms with Gasteiger partial charge in [0.05, 0.1) is 6.54 Å². The molecule has 35 heavy (non-hydrogen) atoms. The fraction of sp³-hybridized carbons (Fsp3) is 0.296. The van der Waals surface area contributed by atoms with Crippen molar-refractivity contribution in [2.45, 2.75) is 44.7 Å². The standard InChI is InChI=1S/C27H26ClN3O4/c28-19-10-12-21(13-11-19)35-15-14-30-17-18(22-8-4-5-9-24(22)30)16-23-25(32)29-27(34)31(26(23)33)20-6-2-1-3-7-20/h4-5,8-13,16-17,20H,1-3,6-7,14-15H2,(H,29,32,34)/b23-16+. The molecule has 2 fully saturated rings. The molecule has 1 saturated carbocycles. The number of imide groups is 2. The van der Waals surface area contributed by atoms with Crippen LogP contribution in [0.2, 0.25) is 5.02 Å². The lowest BCUT2D eigenvalue weighted by Gasteiger charge is -2.35. The molecule has 1 N–H and O–H groups in total. The Morgan fingerprint density at radius 2 is 1.74 bits per heavy atom. The lowest BCUT2D eigenvalue weighted by atomic mass is 9.93. The summed E-state index contributed by atoms with van der Waals surface area (Å²) in [6.45, 7) is 0.999. The van der Waals surface area contributed by atoms with E-state index in [2.05, 4.69) is 5.32 Å². The molecule has 1 aliphatic heterocycles. The van der Waals surface area contributed by atoms with Gasteiger partial charge in [-0.15, -0.1) is 0 Å². The molecular weight excluding hydrogens is 466 g/mol. The number of rotatable bonds is 6. The van der Waals surface area contributed by atoms with Crippen LogP contribution in [0.4, 0.5) is 4.79 Å². The van der Waals surface area contributed by atoms with Crippen molar-refractivity contribution in [3.63, 3.8) is 0 Å². The first-order chi connectivity index (χ1) is 17.0. The van der Waals surface area contributed by atoms with Gasteiger partial charge < -0.3 is 9.30 Å². The van der Waals surface area contributed by atoms with Crippen LogP contribution in [-0.4, -0.2) is 40.0 Å². The zero-order chi connectivity index (χ0) is 24.4. The van der Waals surface area contributed by atoms with Gasteiger partial charge in [-0.25, -0.2) is 4.79 Å². The fourth-order valence-corrected chi connectivity index (χ4v) is 4.99. The second kappa shape index (κ2) is 9.96. The van der Waals surface area contributed by atoms with E-state index in [0.717, 1.165) is 54.3 Å². The number of halogens is 1. The lowest BCUT2D eigenvalue weighted by Crippen LogP contribution is -2.58. The van der Waals surface area contributed by atoms with E-state index in [0.29, 0.717) is 18.2 Å². The summed E-state index contributed by atoms with van der Waals surface area (Å²) in [7, 11) is 0. The number of carbonyl (C=O) groups excluding carboxylic acids is 3. The van der Waals surface area contributed by atoms with Crippen molar-refractivity contribution in [2.24, 2.45) is 0 Å². The van der Waals surface area contributed by atoms with Gasteiger partial charge in [0.1, 0.15) is 17.9 Å². The fourth-order valence-electron chi connectivity index (χ4n) is 4.87. The summed E-state index contributed by atoms with van der Waals surface area (Å²) in [5.41, 5.74) is 1.68. The second-order valence-corrected chi connectivity index (χ2v) is 9.32. The maximum absolute atomic E-state index is 13.3. The number of ether oxygens (including phenoxy) is 1. The average Bonchev–Trinajstić information content (AvgIpc) is 3.21. The van der Waals surface area contributed by atoms with Gasteiger partial charge in [0, 0.05) is 33.7 Å². The predicted molar refractivity (Wildman–Crippen MR) is 134 cm³/mol. The summed E-state index contributed by atoms with van der Waals surface area (Å²) < 4.78 is 7.88. The average molecular weight is 492 g/mol. The van der Waals surface area contributed by atoms with Crippen molar-refractivity contribution >= 4 is 46.4 Å². The number of para-hydroxylation sites is 1. The number of hydrogen-bond donors (Lipinski definition) is 1. The van der Waals surface area contributed by atoms with Crippen molar-refractivity contribution < 1.29 is 19.1 Å². The van der Waals surface area contributed by atoms with E-state index in [1.165, 1.54) is 4.90 Å². The molecule has 180 valence electrons. The SMILES string of the molecule is O=C1NC(=O)N(C2CCCCC2)C(=O)/C1=C/c1cn(CCOc2ccc(Cl)cc2)c2ccccc12. The minimum absolute atomic E-state index is 0.0181. The van der Waals surface area contributed by atoms with Gasteiger partial charge >= 0.3 is 6.03 Å². The minimum Gasteiger partial charge on any atom is -0.492 e. The number of aromatic nitrogens is 1. The molecule has 0 atom stereocenters. The number of nitrogens with zero attached hydrogens (tertiary/aromatic N) is 2. The normalized spacial score (nSPS) is 18.4. The molecule has 1 saturated heterocycles. The number of benzene rings is 2. The van der Waals surface area contributed by atoms with Crippen molar-refractivity contribution in [3.8, 4) is 5.75 Å². The molecule has 1 aromatic heterocycles. The number of carbonyl (C=O) groups is 3. The number of fused-ring (bicyclic) bond motifs is 1. The van der Waals surface area contributed by atoms with E-state index in [-0.39, 0.29) is 11.6 Å². The van der Waals surface area contributed by atoms with Crippen molar-refractivity contribution in [1.29, 1.82) is 0 Å². The number of hydrogen-bond acceptors (Lipinski definition) is 4. The molecular formula is C27H26ClN3O4. The number of barbiturate groups is 1. The van der Waals surface area contributed by atoms with Gasteiger partial charge in [0.2, 0.25) is 0 Å². The summed E-state index contributed by atoms with van der Waals surface area (Å²) in [4.78, 5) is 39.7. The van der Waals surface area contributed by atoms with E-state index in [4.69, 9.17) is 16.3 Å². The Morgan fingerprint density at radius 1 is 1.00 bits per heavy atom. The first-order valence-electron chi connectivity index (χ1n) is 11.9. The number of nitrogens with one attached hydrogen (secondary N) is 1. The van der Waals surface area contributed by atoms with Crippen LogP contribution >= 0.6 is 11.6 Å². The highest BCUT2D eigenvalue weighted by Crippen LogP contribution is 2.28. The first-order valence-corrected chi connectivity index (χ1v) is 12.3. The van der Waals surface area contributed by atoms with Crippen LogP contribution in [0.3, 0.4) is 0 Å². The van der Waals surface area contributed by atoms with Crippen LogP contribution in [0.1, 0.15) is 37.7 Å². The predicted octanol–water partition coefficient (Wildman–Crippen LogP) is 5.17. The summed E-state index contributed by atoms with van der Waals surface area (Å²) in [6.07, 6.45) is 8.09. The largest absolute Gasteiger partial charge is 0.492 e. The highest BCUT2D eigenvalue weighted by Gasteiger charge is 2.40. The Kier molecular flexibility index (Phi) is 6.59. The molecule has 0 unspecified atom stereocenters. The summed E-state index contributed by atoms with van der Waals surface area (Å²) in [5, 5.41) is 3.92. The third-order valence-electron chi connectivity index (χ3n) is 6.61. The molecule has 2 aliphatic rings. The Bertz CT molecular complexity index is 1310. The van der Waals surface area contributed by atoms with Crippen LogP contribution in [-0.2, 0) is 16.1 Å². The Morgan fingerprint density at radius 3 is 2.51 bits per heavy atom. The first kappa shape index (κ1) is 23.2. The maximum Gasteiger partial charge on any atom is 0.331 e. The van der Waals surface area contributed by atoms with E-state index in [1.807, 2.05) is 47.2 Å². The van der Waals surface area contributed by atoms with Gasteiger partial charge in [0.15, 0.2) is 0 Å². The van der Waals surface area contributed by atoms with Crippen LogP contribution in [0.15, 0.2) is 60.3 Å². The molecule has 0 radical (unpaired) electrons. The summed E-state index contributed by atoms with van der Waals surface area (Å²) in [5.74, 6) is -0.450. The van der Waals surface area contributed by atoms with Gasteiger partial charge in [-0.3, -0.25) is 19.8 Å². The second-order valence-electron chi connectivity index (χ2n) is 8.88. The zero-order valence-electron chi connectivity index (χ0n) is 19.2. The number of amides is 4. The molecule has 2 aromatic carbocycles. The highest BCUT2D eigenvalue weighted by atomic mass is 35.5. The number of urea groups is 1. The molecule has 4 amide bonds.